The largest absolute Gasteiger partial charge is 0.338 e. The number of benzene rings is 1. The average molecular weight is 349 g/mol. The van der Waals surface area contributed by atoms with Crippen molar-refractivity contribution < 1.29 is 9.32 Å². The molecule has 2 aromatic heterocycles. The van der Waals surface area contributed by atoms with Crippen molar-refractivity contribution in [2.45, 2.75) is 25.4 Å². The Kier molecular flexibility index (Phi) is 4.45. The Morgan fingerprint density at radius 2 is 2.15 bits per heavy atom. The van der Waals surface area contributed by atoms with E-state index < -0.39 is 0 Å². The van der Waals surface area contributed by atoms with Gasteiger partial charge in [-0.1, -0.05) is 23.4 Å². The highest BCUT2D eigenvalue weighted by atomic mass is 16.5. The number of hydrogen-bond donors (Lipinski definition) is 1. The number of nitrogens with one attached hydrogen (secondary N) is 1. The number of pyridine rings is 1. The molecule has 0 saturated heterocycles. The van der Waals surface area contributed by atoms with Crippen molar-refractivity contribution in [2.24, 2.45) is 0 Å². The molecule has 1 aliphatic rings. The lowest BCUT2D eigenvalue weighted by Gasteiger charge is -2.23. The Bertz CT molecular complexity index is 909. The minimum atomic E-state index is -0.254. The fourth-order valence-corrected chi connectivity index (χ4v) is 3.18. The van der Waals surface area contributed by atoms with Gasteiger partial charge in [0.2, 0.25) is 17.6 Å². The van der Waals surface area contributed by atoms with E-state index >= 15 is 0 Å². The molecule has 0 spiro atoms. The quantitative estimate of drug-likeness (QED) is 0.779. The van der Waals surface area contributed by atoms with Crippen LogP contribution in [-0.4, -0.2) is 39.0 Å². The number of aryl methyl sites for hydroxylation is 1. The molecule has 1 N–H and O–H groups in total. The fourth-order valence-electron chi connectivity index (χ4n) is 3.18. The van der Waals surface area contributed by atoms with Crippen LogP contribution in [0.2, 0.25) is 0 Å². The predicted molar refractivity (Wildman–Crippen MR) is 96.2 cm³/mol. The first-order valence-electron chi connectivity index (χ1n) is 8.53. The molecule has 4 rings (SSSR count). The second-order valence-electron chi connectivity index (χ2n) is 6.37. The van der Waals surface area contributed by atoms with E-state index in [4.69, 9.17) is 4.52 Å². The molecule has 7 nitrogen and oxygen atoms in total. The molecule has 132 valence electrons. The summed E-state index contributed by atoms with van der Waals surface area (Å²) in [6.07, 6.45) is 4.97. The van der Waals surface area contributed by atoms with Gasteiger partial charge in [0.1, 0.15) is 0 Å². The first kappa shape index (κ1) is 16.4. The van der Waals surface area contributed by atoms with Crippen LogP contribution in [0.25, 0.3) is 11.4 Å². The van der Waals surface area contributed by atoms with Crippen molar-refractivity contribution in [3.63, 3.8) is 0 Å². The third-order valence-corrected chi connectivity index (χ3v) is 4.57. The maximum absolute atomic E-state index is 12.6. The van der Waals surface area contributed by atoms with Crippen LogP contribution in [0.1, 0.15) is 17.9 Å². The van der Waals surface area contributed by atoms with Crippen LogP contribution in [0.3, 0.4) is 0 Å². The number of fused-ring (bicyclic) bond motifs is 1. The summed E-state index contributed by atoms with van der Waals surface area (Å²) in [6.45, 7) is 0.404. The number of likely N-dealkylation sites (N-methyl/N-ethyl adjacent to an activating group) is 1. The molecule has 1 amide bonds. The van der Waals surface area contributed by atoms with E-state index in [1.165, 1.54) is 0 Å². The summed E-state index contributed by atoms with van der Waals surface area (Å²) in [7, 11) is 1.90. The summed E-state index contributed by atoms with van der Waals surface area (Å²) in [5.41, 5.74) is 2.85. The normalized spacial score (nSPS) is 16.8. The summed E-state index contributed by atoms with van der Waals surface area (Å²) in [6, 6.07) is 11.4. The van der Waals surface area contributed by atoms with E-state index in [0.717, 1.165) is 29.7 Å². The van der Waals surface area contributed by atoms with Crippen molar-refractivity contribution in [2.75, 3.05) is 12.4 Å². The highest BCUT2D eigenvalue weighted by Gasteiger charge is 2.28. The van der Waals surface area contributed by atoms with Crippen molar-refractivity contribution in [3.05, 3.63) is 60.2 Å². The van der Waals surface area contributed by atoms with Crippen LogP contribution >= 0.6 is 0 Å². The molecule has 7 heteroatoms. The van der Waals surface area contributed by atoms with E-state index in [-0.39, 0.29) is 11.9 Å². The molecule has 0 bridgehead atoms. The van der Waals surface area contributed by atoms with Gasteiger partial charge >= 0.3 is 0 Å². The molecule has 0 fully saturated rings. The fraction of sp³-hybridized carbons (Fsp3) is 0.263. The first-order valence-corrected chi connectivity index (χ1v) is 8.53. The Morgan fingerprint density at radius 1 is 1.27 bits per heavy atom. The molecule has 3 heterocycles. The van der Waals surface area contributed by atoms with Crippen molar-refractivity contribution in [3.8, 4) is 11.4 Å². The number of nitrogens with zero attached hydrogens (tertiary/aromatic N) is 4. The Labute approximate surface area is 151 Å². The van der Waals surface area contributed by atoms with E-state index in [1.807, 2.05) is 42.3 Å². The van der Waals surface area contributed by atoms with Crippen LogP contribution < -0.4 is 5.32 Å². The maximum Gasteiger partial charge on any atom is 0.241 e. The Balaban J connectivity index is 1.46. The number of rotatable bonds is 4. The van der Waals surface area contributed by atoms with Crippen LogP contribution in [0.15, 0.2) is 53.3 Å². The molecule has 0 saturated carbocycles. The highest BCUT2D eigenvalue weighted by molar-refractivity contribution is 5.96. The number of aromatic nitrogens is 3. The predicted octanol–water partition coefficient (Wildman–Crippen LogP) is 2.52. The number of amides is 1. The molecule has 26 heavy (non-hydrogen) atoms. The van der Waals surface area contributed by atoms with Gasteiger partial charge < -0.3 is 9.84 Å². The smallest absolute Gasteiger partial charge is 0.241 e. The van der Waals surface area contributed by atoms with Crippen molar-refractivity contribution >= 4 is 11.6 Å². The van der Waals surface area contributed by atoms with E-state index in [2.05, 4.69) is 26.5 Å². The minimum Gasteiger partial charge on any atom is -0.338 e. The first-order chi connectivity index (χ1) is 12.7. The van der Waals surface area contributed by atoms with Crippen LogP contribution in [-0.2, 0) is 17.8 Å². The van der Waals surface area contributed by atoms with E-state index in [0.29, 0.717) is 18.3 Å². The zero-order valence-electron chi connectivity index (χ0n) is 14.4. The molecule has 0 unspecified atom stereocenters. The second kappa shape index (κ2) is 7.05. The zero-order chi connectivity index (χ0) is 17.9. The van der Waals surface area contributed by atoms with E-state index in [1.54, 1.807) is 12.4 Å². The van der Waals surface area contributed by atoms with Gasteiger partial charge in [-0.15, -0.1) is 0 Å². The van der Waals surface area contributed by atoms with Crippen LogP contribution in [0, 0.1) is 0 Å². The Morgan fingerprint density at radius 3 is 3.00 bits per heavy atom. The summed E-state index contributed by atoms with van der Waals surface area (Å²) in [4.78, 5) is 23.0. The Hall–Kier alpha value is -3.06. The molecular weight excluding hydrogens is 330 g/mol. The van der Waals surface area contributed by atoms with Gasteiger partial charge in [0, 0.05) is 23.6 Å². The van der Waals surface area contributed by atoms with Gasteiger partial charge in [-0.05, 0) is 43.7 Å². The van der Waals surface area contributed by atoms with Gasteiger partial charge in [0.25, 0.3) is 0 Å². The van der Waals surface area contributed by atoms with Crippen LogP contribution in [0.5, 0.6) is 0 Å². The standard InChI is InChI=1S/C19H19N5O2/c1-24(12-17-22-18(23-26-17)14-6-4-10-20-11-14)16-9-8-13-5-2-3-7-15(13)21-19(16)25/h2-7,10-11,16H,8-9,12H2,1H3,(H,21,25)/t16-/m0/s1. The monoisotopic (exact) mass is 349 g/mol. The maximum atomic E-state index is 12.6. The molecular formula is C19H19N5O2. The lowest BCUT2D eigenvalue weighted by atomic mass is 10.1. The molecule has 1 aromatic carbocycles. The lowest BCUT2D eigenvalue weighted by molar-refractivity contribution is -0.121. The van der Waals surface area contributed by atoms with E-state index in [9.17, 15) is 4.79 Å². The van der Waals surface area contributed by atoms with Crippen LogP contribution in [0.4, 0.5) is 5.69 Å². The van der Waals surface area contributed by atoms with Crippen molar-refractivity contribution in [1.82, 2.24) is 20.0 Å². The summed E-state index contributed by atoms with van der Waals surface area (Å²) in [5.74, 6) is 0.963. The number of para-hydroxylation sites is 1. The number of carbonyl (C=O) groups excluding carboxylic acids is 1. The second-order valence-corrected chi connectivity index (χ2v) is 6.37. The van der Waals surface area contributed by atoms with Gasteiger partial charge in [-0.25, -0.2) is 0 Å². The number of anilines is 1. The minimum absolute atomic E-state index is 0.00977. The summed E-state index contributed by atoms with van der Waals surface area (Å²) >= 11 is 0. The number of hydrogen-bond acceptors (Lipinski definition) is 6. The SMILES string of the molecule is CN(Cc1nc(-c2cccnc2)no1)[C@H]1CCc2ccccc2NC1=O. The third kappa shape index (κ3) is 3.34. The van der Waals surface area contributed by atoms with Gasteiger partial charge in [0.05, 0.1) is 12.6 Å². The molecule has 0 radical (unpaired) electrons. The molecule has 1 aliphatic heterocycles. The van der Waals surface area contributed by atoms with Crippen molar-refractivity contribution in [1.29, 1.82) is 0 Å². The molecule has 1 atom stereocenters. The third-order valence-electron chi connectivity index (χ3n) is 4.57. The average Bonchev–Trinajstić information content (AvgIpc) is 3.05. The number of carbonyl (C=O) groups is 1. The summed E-state index contributed by atoms with van der Waals surface area (Å²) in [5, 5.41) is 7.02. The lowest BCUT2D eigenvalue weighted by Crippen LogP contribution is -2.40. The van der Waals surface area contributed by atoms with Gasteiger partial charge in [-0.2, -0.15) is 4.98 Å². The molecule has 0 aliphatic carbocycles. The summed E-state index contributed by atoms with van der Waals surface area (Å²) < 4.78 is 5.35. The zero-order valence-corrected chi connectivity index (χ0v) is 14.4. The van der Waals surface area contributed by atoms with Gasteiger partial charge in [-0.3, -0.25) is 14.7 Å². The highest BCUT2D eigenvalue weighted by Crippen LogP contribution is 2.24. The van der Waals surface area contributed by atoms with Gasteiger partial charge in [0.15, 0.2) is 0 Å². The topological polar surface area (TPSA) is 84.2 Å². The molecule has 3 aromatic rings.